The Kier molecular flexibility index (Phi) is 3.67. The first-order valence-electron chi connectivity index (χ1n) is 5.86. The van der Waals surface area contributed by atoms with E-state index in [1.165, 1.54) is 12.1 Å². The Labute approximate surface area is 116 Å². The van der Waals surface area contributed by atoms with Crippen LogP contribution in [-0.2, 0) is 24.3 Å². The minimum Gasteiger partial charge on any atom is -0.462 e. The highest BCUT2D eigenvalue weighted by Gasteiger charge is 2.52. The van der Waals surface area contributed by atoms with E-state index in [1.54, 1.807) is 26.0 Å². The van der Waals surface area contributed by atoms with Crippen molar-refractivity contribution in [3.8, 4) is 0 Å². The second-order valence-corrected chi connectivity index (χ2v) is 5.92. The Morgan fingerprint density at radius 1 is 1.35 bits per heavy atom. The van der Waals surface area contributed by atoms with Gasteiger partial charge in [0.15, 0.2) is 0 Å². The molecule has 0 spiro atoms. The molecule has 1 unspecified atom stereocenters. The van der Waals surface area contributed by atoms with Gasteiger partial charge in [-0.3, -0.25) is 0 Å². The van der Waals surface area contributed by atoms with E-state index in [4.69, 9.17) is 0 Å². The lowest BCUT2D eigenvalue weighted by Crippen LogP contribution is -2.60. The molecule has 0 aromatic heterocycles. The standard InChI is InChI=1S/C12H13NO6S/c1-3-18-11(14)10-13(12(15)19-10)20(16,17)9-6-4-8(2)5-7-9/h4-7,10H,3H2,1-2H3. The predicted octanol–water partition coefficient (Wildman–Crippen LogP) is 1.03. The molecule has 1 amide bonds. The number of benzene rings is 1. The van der Waals surface area contributed by atoms with E-state index in [0.29, 0.717) is 4.31 Å². The maximum atomic E-state index is 12.3. The fraction of sp³-hybridized carbons (Fsp3) is 0.333. The fourth-order valence-corrected chi connectivity index (χ4v) is 2.97. The number of amides is 1. The molecule has 1 atom stereocenters. The largest absolute Gasteiger partial charge is 0.462 e. The molecule has 0 radical (unpaired) electrons. The summed E-state index contributed by atoms with van der Waals surface area (Å²) >= 11 is 0. The van der Waals surface area contributed by atoms with Crippen LogP contribution in [-0.4, -0.2) is 37.6 Å². The van der Waals surface area contributed by atoms with Gasteiger partial charge in [0.25, 0.3) is 16.3 Å². The zero-order chi connectivity index (χ0) is 14.9. The Bertz CT molecular complexity index is 636. The number of cyclic esters (lactones) is 1. The molecule has 20 heavy (non-hydrogen) atoms. The fourth-order valence-electron chi connectivity index (χ4n) is 1.65. The molecule has 0 N–H and O–H groups in total. The van der Waals surface area contributed by atoms with Gasteiger partial charge < -0.3 is 9.47 Å². The minimum absolute atomic E-state index is 0.0608. The van der Waals surface area contributed by atoms with Crippen molar-refractivity contribution in [3.63, 3.8) is 0 Å². The Hall–Kier alpha value is -2.09. The van der Waals surface area contributed by atoms with Crippen molar-refractivity contribution in [2.24, 2.45) is 0 Å². The van der Waals surface area contributed by atoms with Crippen LogP contribution >= 0.6 is 0 Å². The van der Waals surface area contributed by atoms with Crippen molar-refractivity contribution in [2.75, 3.05) is 6.61 Å². The highest BCUT2D eigenvalue weighted by atomic mass is 32.2. The molecule has 0 saturated carbocycles. The summed E-state index contributed by atoms with van der Waals surface area (Å²) in [7, 11) is -4.12. The Morgan fingerprint density at radius 3 is 2.45 bits per heavy atom. The number of rotatable bonds is 4. The van der Waals surface area contributed by atoms with Crippen molar-refractivity contribution in [1.29, 1.82) is 0 Å². The first-order chi connectivity index (χ1) is 9.37. The van der Waals surface area contributed by atoms with Gasteiger partial charge in [0.1, 0.15) is 0 Å². The summed E-state index contributed by atoms with van der Waals surface area (Å²) in [5.74, 6) is -0.914. The second-order valence-electron chi connectivity index (χ2n) is 4.10. The minimum atomic E-state index is -4.12. The van der Waals surface area contributed by atoms with Crippen molar-refractivity contribution >= 4 is 22.1 Å². The number of ether oxygens (including phenoxy) is 2. The molecule has 108 valence electrons. The van der Waals surface area contributed by atoms with E-state index in [9.17, 15) is 18.0 Å². The van der Waals surface area contributed by atoms with Crippen LogP contribution in [0, 0.1) is 6.92 Å². The molecule has 1 aliphatic rings. The van der Waals surface area contributed by atoms with Crippen LogP contribution < -0.4 is 0 Å². The molecule has 1 saturated heterocycles. The van der Waals surface area contributed by atoms with Crippen molar-refractivity contribution in [3.05, 3.63) is 29.8 Å². The molecule has 1 aromatic rings. The van der Waals surface area contributed by atoms with Gasteiger partial charge in [-0.05, 0) is 26.0 Å². The zero-order valence-electron chi connectivity index (χ0n) is 10.9. The van der Waals surface area contributed by atoms with E-state index in [-0.39, 0.29) is 11.5 Å². The molecular weight excluding hydrogens is 286 g/mol. The Morgan fingerprint density at radius 2 is 1.95 bits per heavy atom. The van der Waals surface area contributed by atoms with Gasteiger partial charge in [0.2, 0.25) is 0 Å². The first kappa shape index (κ1) is 14.3. The van der Waals surface area contributed by atoms with Crippen molar-refractivity contribution in [2.45, 2.75) is 25.0 Å². The van der Waals surface area contributed by atoms with E-state index >= 15 is 0 Å². The number of aryl methyl sites for hydroxylation is 1. The number of nitrogens with zero attached hydrogens (tertiary/aromatic N) is 1. The third-order valence-electron chi connectivity index (χ3n) is 2.67. The average molecular weight is 299 g/mol. The van der Waals surface area contributed by atoms with E-state index in [0.717, 1.165) is 5.56 Å². The van der Waals surface area contributed by atoms with Gasteiger partial charge in [-0.2, -0.15) is 4.31 Å². The smallest absolute Gasteiger partial charge is 0.430 e. The summed E-state index contributed by atoms with van der Waals surface area (Å²) in [5, 5.41) is 0. The second kappa shape index (κ2) is 5.12. The van der Waals surface area contributed by atoms with Gasteiger partial charge in [-0.15, -0.1) is 0 Å². The van der Waals surface area contributed by atoms with Crippen LogP contribution in [0.2, 0.25) is 0 Å². The van der Waals surface area contributed by atoms with E-state index < -0.39 is 28.3 Å². The van der Waals surface area contributed by atoms with Crippen molar-refractivity contribution in [1.82, 2.24) is 4.31 Å². The summed E-state index contributed by atoms with van der Waals surface area (Å²) < 4.78 is 34.1. The molecular formula is C12H13NO6S. The molecule has 0 aliphatic carbocycles. The maximum Gasteiger partial charge on any atom is 0.430 e. The Balaban J connectivity index is 2.30. The lowest BCUT2D eigenvalue weighted by atomic mass is 10.2. The van der Waals surface area contributed by atoms with E-state index in [2.05, 4.69) is 9.47 Å². The lowest BCUT2D eigenvalue weighted by Gasteiger charge is -2.35. The predicted molar refractivity (Wildman–Crippen MR) is 67.1 cm³/mol. The van der Waals surface area contributed by atoms with Gasteiger partial charge >= 0.3 is 12.1 Å². The summed E-state index contributed by atoms with van der Waals surface area (Å²) in [6.07, 6.45) is -2.64. The van der Waals surface area contributed by atoms with Gasteiger partial charge in [0, 0.05) is 0 Å². The highest BCUT2D eigenvalue weighted by molar-refractivity contribution is 7.89. The normalized spacial score (nSPS) is 18.2. The van der Waals surface area contributed by atoms with Crippen LogP contribution in [0.3, 0.4) is 0 Å². The van der Waals surface area contributed by atoms with Crippen LogP contribution in [0.1, 0.15) is 12.5 Å². The molecule has 1 aliphatic heterocycles. The number of esters is 1. The molecule has 2 rings (SSSR count). The van der Waals surface area contributed by atoms with Crippen LogP contribution in [0.5, 0.6) is 0 Å². The molecule has 7 nitrogen and oxygen atoms in total. The third kappa shape index (κ3) is 2.34. The van der Waals surface area contributed by atoms with Crippen LogP contribution in [0.4, 0.5) is 4.79 Å². The van der Waals surface area contributed by atoms with Crippen LogP contribution in [0.25, 0.3) is 0 Å². The van der Waals surface area contributed by atoms with Gasteiger partial charge in [-0.25, -0.2) is 18.0 Å². The topological polar surface area (TPSA) is 90.0 Å². The molecule has 8 heteroatoms. The van der Waals surface area contributed by atoms with Gasteiger partial charge in [-0.1, -0.05) is 17.7 Å². The molecule has 1 aromatic carbocycles. The van der Waals surface area contributed by atoms with Gasteiger partial charge in [0.05, 0.1) is 11.5 Å². The summed E-state index contributed by atoms with van der Waals surface area (Å²) in [6, 6.07) is 5.91. The number of sulfonamides is 1. The SMILES string of the molecule is CCOC(=O)C1OC(=O)N1S(=O)(=O)c1ccc(C)cc1. The van der Waals surface area contributed by atoms with E-state index in [1.807, 2.05) is 0 Å². The summed E-state index contributed by atoms with van der Waals surface area (Å²) in [4.78, 5) is 22.8. The third-order valence-corrected chi connectivity index (χ3v) is 4.40. The molecule has 1 heterocycles. The lowest BCUT2D eigenvalue weighted by molar-refractivity contribution is -0.169. The monoisotopic (exact) mass is 299 g/mol. The highest BCUT2D eigenvalue weighted by Crippen LogP contribution is 2.27. The van der Waals surface area contributed by atoms with Crippen LogP contribution in [0.15, 0.2) is 29.2 Å². The number of carbonyl (C=O) groups excluding carboxylic acids is 2. The number of hydrogen-bond donors (Lipinski definition) is 0. The number of carbonyl (C=O) groups is 2. The molecule has 1 fully saturated rings. The zero-order valence-corrected chi connectivity index (χ0v) is 11.7. The summed E-state index contributed by atoms with van der Waals surface area (Å²) in [5.41, 5.74) is 0.872. The quantitative estimate of drug-likeness (QED) is 0.771. The average Bonchev–Trinajstić information content (AvgIpc) is 2.35. The van der Waals surface area contributed by atoms with Crippen molar-refractivity contribution < 1.29 is 27.5 Å². The maximum absolute atomic E-state index is 12.3. The number of hydrogen-bond acceptors (Lipinski definition) is 6. The molecule has 0 bridgehead atoms. The first-order valence-corrected chi connectivity index (χ1v) is 7.30. The summed E-state index contributed by atoms with van der Waals surface area (Å²) in [6.45, 7) is 3.43.